The number of aliphatic hydroxyl groups is 1. The van der Waals surface area contributed by atoms with Crippen molar-refractivity contribution in [3.8, 4) is 5.75 Å². The van der Waals surface area contributed by atoms with Gasteiger partial charge in [0.2, 0.25) is 0 Å². The second-order valence-corrected chi connectivity index (χ2v) is 5.99. The van der Waals surface area contributed by atoms with Crippen LogP contribution >= 0.6 is 22.9 Å². The summed E-state index contributed by atoms with van der Waals surface area (Å²) >= 11 is 7.38. The zero-order valence-corrected chi connectivity index (χ0v) is 11.7. The SMILES string of the molecule is CC(O)Cc1ccc(OCc2ccc(Cl)s2)cc1. The van der Waals surface area contributed by atoms with Crippen LogP contribution < -0.4 is 4.74 Å². The lowest BCUT2D eigenvalue weighted by atomic mass is 10.1. The maximum Gasteiger partial charge on any atom is 0.122 e. The molecule has 1 unspecified atom stereocenters. The van der Waals surface area contributed by atoms with Crippen molar-refractivity contribution in [1.29, 1.82) is 0 Å². The first-order valence-corrected chi connectivity index (χ1v) is 6.97. The van der Waals surface area contributed by atoms with Gasteiger partial charge in [0.25, 0.3) is 0 Å². The third-order valence-electron chi connectivity index (χ3n) is 2.46. The van der Waals surface area contributed by atoms with Gasteiger partial charge >= 0.3 is 0 Å². The molecule has 1 aromatic heterocycles. The molecule has 2 aromatic rings. The summed E-state index contributed by atoms with van der Waals surface area (Å²) in [5.74, 6) is 0.828. The molecule has 2 rings (SSSR count). The Bertz CT molecular complexity index is 491. The lowest BCUT2D eigenvalue weighted by Crippen LogP contribution is -2.03. The van der Waals surface area contributed by atoms with Crippen molar-refractivity contribution in [2.75, 3.05) is 0 Å². The van der Waals surface area contributed by atoms with Crippen LogP contribution in [0.15, 0.2) is 36.4 Å². The highest BCUT2D eigenvalue weighted by atomic mass is 35.5. The predicted molar refractivity (Wildman–Crippen MR) is 75.5 cm³/mol. The number of hydrogen-bond donors (Lipinski definition) is 1. The third kappa shape index (κ3) is 4.02. The van der Waals surface area contributed by atoms with E-state index in [0.717, 1.165) is 20.5 Å². The van der Waals surface area contributed by atoms with Crippen LogP contribution in [-0.4, -0.2) is 11.2 Å². The minimum Gasteiger partial charge on any atom is -0.488 e. The summed E-state index contributed by atoms with van der Waals surface area (Å²) in [6.45, 7) is 2.32. The lowest BCUT2D eigenvalue weighted by Gasteiger charge is -2.07. The van der Waals surface area contributed by atoms with Crippen molar-refractivity contribution in [2.45, 2.75) is 26.1 Å². The Morgan fingerprint density at radius 3 is 2.50 bits per heavy atom. The summed E-state index contributed by atoms with van der Waals surface area (Å²) < 4.78 is 6.43. The van der Waals surface area contributed by atoms with Crippen LogP contribution in [-0.2, 0) is 13.0 Å². The molecule has 0 aliphatic heterocycles. The highest BCUT2D eigenvalue weighted by Gasteiger charge is 2.01. The van der Waals surface area contributed by atoms with Gasteiger partial charge in [-0.1, -0.05) is 23.7 Å². The summed E-state index contributed by atoms with van der Waals surface area (Å²) in [5, 5.41) is 9.29. The van der Waals surface area contributed by atoms with Crippen molar-refractivity contribution < 1.29 is 9.84 Å². The molecule has 1 heterocycles. The van der Waals surface area contributed by atoms with E-state index < -0.39 is 0 Å². The number of ether oxygens (including phenoxy) is 1. The molecule has 1 N–H and O–H groups in total. The fraction of sp³-hybridized carbons (Fsp3) is 0.286. The Hall–Kier alpha value is -1.03. The van der Waals surface area contributed by atoms with E-state index in [2.05, 4.69) is 0 Å². The molecule has 1 aromatic carbocycles. The molecule has 0 aliphatic carbocycles. The van der Waals surface area contributed by atoms with E-state index in [0.29, 0.717) is 13.0 Å². The van der Waals surface area contributed by atoms with E-state index in [-0.39, 0.29) is 6.10 Å². The summed E-state index contributed by atoms with van der Waals surface area (Å²) in [5.41, 5.74) is 1.11. The highest BCUT2D eigenvalue weighted by Crippen LogP contribution is 2.23. The number of thiophene rings is 1. The average Bonchev–Trinajstić information content (AvgIpc) is 2.74. The molecule has 0 saturated carbocycles. The molecule has 0 amide bonds. The highest BCUT2D eigenvalue weighted by molar-refractivity contribution is 7.16. The first-order chi connectivity index (χ1) is 8.63. The van der Waals surface area contributed by atoms with Crippen molar-refractivity contribution in [1.82, 2.24) is 0 Å². The van der Waals surface area contributed by atoms with Gasteiger partial charge in [0.05, 0.1) is 10.4 Å². The molecule has 1 atom stereocenters. The minimum atomic E-state index is -0.315. The molecular weight excluding hydrogens is 268 g/mol. The van der Waals surface area contributed by atoms with Gasteiger partial charge in [-0.05, 0) is 43.2 Å². The first-order valence-electron chi connectivity index (χ1n) is 5.77. The number of rotatable bonds is 5. The van der Waals surface area contributed by atoms with Crippen LogP contribution in [0.25, 0.3) is 0 Å². The molecule has 2 nitrogen and oxygen atoms in total. The Kier molecular flexibility index (Phi) is 4.64. The normalized spacial score (nSPS) is 12.4. The molecule has 4 heteroatoms. The van der Waals surface area contributed by atoms with Crippen LogP contribution in [0.2, 0.25) is 4.34 Å². The molecule has 0 saturated heterocycles. The summed E-state index contributed by atoms with van der Waals surface area (Å²) in [4.78, 5) is 1.10. The lowest BCUT2D eigenvalue weighted by molar-refractivity contribution is 0.195. The van der Waals surface area contributed by atoms with Gasteiger partial charge in [0, 0.05) is 4.88 Å². The fourth-order valence-electron chi connectivity index (χ4n) is 1.65. The van der Waals surface area contributed by atoms with Crippen LogP contribution in [0.3, 0.4) is 0 Å². The molecule has 96 valence electrons. The molecule has 0 radical (unpaired) electrons. The minimum absolute atomic E-state index is 0.315. The maximum absolute atomic E-state index is 9.29. The average molecular weight is 283 g/mol. The Morgan fingerprint density at radius 2 is 1.94 bits per heavy atom. The van der Waals surface area contributed by atoms with E-state index in [1.54, 1.807) is 6.92 Å². The van der Waals surface area contributed by atoms with Crippen LogP contribution in [0, 0.1) is 0 Å². The first kappa shape index (κ1) is 13.4. The van der Waals surface area contributed by atoms with Gasteiger partial charge in [-0.2, -0.15) is 0 Å². The topological polar surface area (TPSA) is 29.5 Å². The van der Waals surface area contributed by atoms with E-state index in [1.807, 2.05) is 36.4 Å². The predicted octanol–water partition coefficient (Wildman–Crippen LogP) is 3.90. The second kappa shape index (κ2) is 6.23. The van der Waals surface area contributed by atoms with Gasteiger partial charge in [0.15, 0.2) is 0 Å². The molecule has 0 aliphatic rings. The Balaban J connectivity index is 1.90. The van der Waals surface area contributed by atoms with E-state index >= 15 is 0 Å². The number of benzene rings is 1. The van der Waals surface area contributed by atoms with Gasteiger partial charge in [-0.25, -0.2) is 0 Å². The van der Waals surface area contributed by atoms with Crippen LogP contribution in [0.4, 0.5) is 0 Å². The van der Waals surface area contributed by atoms with Gasteiger partial charge in [0.1, 0.15) is 12.4 Å². The van der Waals surface area contributed by atoms with Gasteiger partial charge in [-0.15, -0.1) is 11.3 Å². The zero-order chi connectivity index (χ0) is 13.0. The number of aliphatic hydroxyl groups excluding tert-OH is 1. The van der Waals surface area contributed by atoms with E-state index in [1.165, 1.54) is 11.3 Å². The van der Waals surface area contributed by atoms with Gasteiger partial charge < -0.3 is 9.84 Å². The Labute approximate surface area is 116 Å². The Morgan fingerprint density at radius 1 is 1.22 bits per heavy atom. The number of halogens is 1. The zero-order valence-electron chi connectivity index (χ0n) is 10.1. The molecule has 0 bridgehead atoms. The largest absolute Gasteiger partial charge is 0.488 e. The van der Waals surface area contributed by atoms with E-state index in [4.69, 9.17) is 16.3 Å². The quantitative estimate of drug-likeness (QED) is 0.901. The summed E-state index contributed by atoms with van der Waals surface area (Å²) in [6, 6.07) is 11.6. The summed E-state index contributed by atoms with van der Waals surface area (Å²) in [7, 11) is 0. The van der Waals surface area contributed by atoms with Crippen molar-refractivity contribution >= 4 is 22.9 Å². The van der Waals surface area contributed by atoms with Crippen LogP contribution in [0.5, 0.6) is 5.75 Å². The maximum atomic E-state index is 9.29. The van der Waals surface area contributed by atoms with Crippen LogP contribution in [0.1, 0.15) is 17.4 Å². The molecule has 0 fully saturated rings. The molecule has 18 heavy (non-hydrogen) atoms. The number of hydrogen-bond acceptors (Lipinski definition) is 3. The summed E-state index contributed by atoms with van der Waals surface area (Å²) in [6.07, 6.45) is 0.353. The van der Waals surface area contributed by atoms with Crippen molar-refractivity contribution in [3.63, 3.8) is 0 Å². The van der Waals surface area contributed by atoms with Crippen molar-refractivity contribution in [3.05, 3.63) is 51.2 Å². The fourth-order valence-corrected chi connectivity index (χ4v) is 2.65. The van der Waals surface area contributed by atoms with Gasteiger partial charge in [-0.3, -0.25) is 0 Å². The molecular formula is C14H15ClO2S. The monoisotopic (exact) mass is 282 g/mol. The molecule has 0 spiro atoms. The van der Waals surface area contributed by atoms with Crippen molar-refractivity contribution in [2.24, 2.45) is 0 Å². The smallest absolute Gasteiger partial charge is 0.122 e. The second-order valence-electron chi connectivity index (χ2n) is 4.19. The third-order valence-corrected chi connectivity index (χ3v) is 3.67. The standard InChI is InChI=1S/C14H15ClO2S/c1-10(16)8-11-2-4-12(5-3-11)17-9-13-6-7-14(15)18-13/h2-7,10,16H,8-9H2,1H3. The van der Waals surface area contributed by atoms with E-state index in [9.17, 15) is 5.11 Å².